The van der Waals surface area contributed by atoms with Crippen LogP contribution in [0.5, 0.6) is 0 Å². The summed E-state index contributed by atoms with van der Waals surface area (Å²) in [6, 6.07) is 8.83. The van der Waals surface area contributed by atoms with Crippen molar-refractivity contribution in [1.82, 2.24) is 4.98 Å². The van der Waals surface area contributed by atoms with Gasteiger partial charge in [0.25, 0.3) is 0 Å². The third-order valence-corrected chi connectivity index (χ3v) is 6.16. The van der Waals surface area contributed by atoms with Crippen LogP contribution < -0.4 is 0 Å². The van der Waals surface area contributed by atoms with Gasteiger partial charge in [-0.2, -0.15) is 0 Å². The average molecular weight is 340 g/mol. The second kappa shape index (κ2) is 10.0. The first kappa shape index (κ1) is 18.5. The van der Waals surface area contributed by atoms with Gasteiger partial charge in [0.15, 0.2) is 0 Å². The lowest BCUT2D eigenvalue weighted by molar-refractivity contribution is 0.401. The molecule has 1 heteroatoms. The molecule has 1 heterocycles. The third-order valence-electron chi connectivity index (χ3n) is 6.16. The van der Waals surface area contributed by atoms with Crippen LogP contribution >= 0.6 is 0 Å². The lowest BCUT2D eigenvalue weighted by Crippen LogP contribution is -2.13. The molecule has 1 N–H and O–H groups in total. The third kappa shape index (κ3) is 5.36. The standard InChI is InChI=1S/C24H37N/c1-2-3-4-5-6-7-8-9-10-11-14-20-17-18-22-21-15-12-13-16-23(21)25-24(22)19-20/h12-13,15-16,20,25H,2-11,14,17-19H2,1H3. The van der Waals surface area contributed by atoms with Gasteiger partial charge >= 0.3 is 0 Å². The molecule has 1 aromatic heterocycles. The molecule has 0 radical (unpaired) electrons. The van der Waals surface area contributed by atoms with Crippen molar-refractivity contribution in [3.8, 4) is 0 Å². The summed E-state index contributed by atoms with van der Waals surface area (Å²) in [6.45, 7) is 2.30. The normalized spacial score (nSPS) is 17.1. The summed E-state index contributed by atoms with van der Waals surface area (Å²) < 4.78 is 0. The van der Waals surface area contributed by atoms with E-state index in [1.165, 1.54) is 106 Å². The average Bonchev–Trinajstić information content (AvgIpc) is 3.01. The predicted molar refractivity (Wildman–Crippen MR) is 110 cm³/mol. The molecular weight excluding hydrogens is 302 g/mol. The van der Waals surface area contributed by atoms with E-state index in [-0.39, 0.29) is 0 Å². The number of benzene rings is 1. The molecule has 0 saturated carbocycles. The van der Waals surface area contributed by atoms with Crippen LogP contribution in [0.25, 0.3) is 10.9 Å². The fourth-order valence-electron chi connectivity index (χ4n) is 4.62. The van der Waals surface area contributed by atoms with E-state index in [2.05, 4.69) is 36.2 Å². The van der Waals surface area contributed by atoms with Crippen LogP contribution in [0.4, 0.5) is 0 Å². The van der Waals surface area contributed by atoms with Crippen molar-refractivity contribution in [3.05, 3.63) is 35.5 Å². The monoisotopic (exact) mass is 339 g/mol. The first-order valence-corrected chi connectivity index (χ1v) is 11.0. The van der Waals surface area contributed by atoms with Crippen LogP contribution in [-0.2, 0) is 12.8 Å². The van der Waals surface area contributed by atoms with Crippen molar-refractivity contribution >= 4 is 10.9 Å². The van der Waals surface area contributed by atoms with Crippen molar-refractivity contribution in [1.29, 1.82) is 0 Å². The van der Waals surface area contributed by atoms with Crippen molar-refractivity contribution in [2.24, 2.45) is 5.92 Å². The SMILES string of the molecule is CCCCCCCCCCCCC1CCc2c([nH]c3ccccc23)C1. The van der Waals surface area contributed by atoms with Gasteiger partial charge in [0.05, 0.1) is 0 Å². The summed E-state index contributed by atoms with van der Waals surface area (Å²) in [6.07, 6.45) is 19.8. The van der Waals surface area contributed by atoms with Crippen molar-refractivity contribution in [3.63, 3.8) is 0 Å². The predicted octanol–water partition coefficient (Wildman–Crippen LogP) is 7.58. The van der Waals surface area contributed by atoms with Gasteiger partial charge in [-0.25, -0.2) is 0 Å². The summed E-state index contributed by atoms with van der Waals surface area (Å²) in [5.74, 6) is 0.912. The van der Waals surface area contributed by atoms with E-state index in [0.29, 0.717) is 0 Å². The molecule has 0 fully saturated rings. The first-order chi connectivity index (χ1) is 12.4. The minimum absolute atomic E-state index is 0.912. The van der Waals surface area contributed by atoms with Crippen LogP contribution in [0.2, 0.25) is 0 Å². The fourth-order valence-corrected chi connectivity index (χ4v) is 4.62. The highest BCUT2D eigenvalue weighted by Crippen LogP contribution is 2.33. The van der Waals surface area contributed by atoms with E-state index in [9.17, 15) is 0 Å². The Morgan fingerprint density at radius 2 is 1.56 bits per heavy atom. The van der Waals surface area contributed by atoms with E-state index in [0.717, 1.165) is 5.92 Å². The second-order valence-corrected chi connectivity index (χ2v) is 8.21. The van der Waals surface area contributed by atoms with Gasteiger partial charge in [0.2, 0.25) is 0 Å². The van der Waals surface area contributed by atoms with Crippen molar-refractivity contribution in [2.75, 3.05) is 0 Å². The first-order valence-electron chi connectivity index (χ1n) is 11.0. The van der Waals surface area contributed by atoms with E-state index >= 15 is 0 Å². The zero-order valence-electron chi connectivity index (χ0n) is 16.3. The van der Waals surface area contributed by atoms with Crippen molar-refractivity contribution < 1.29 is 0 Å². The molecule has 1 aliphatic rings. The van der Waals surface area contributed by atoms with Gasteiger partial charge in [-0.1, -0.05) is 95.8 Å². The molecule has 0 spiro atoms. The lowest BCUT2D eigenvalue weighted by atomic mass is 9.84. The molecule has 1 atom stereocenters. The Hall–Kier alpha value is -1.24. The Labute approximate surface area is 154 Å². The van der Waals surface area contributed by atoms with Crippen LogP contribution in [0, 0.1) is 5.92 Å². The van der Waals surface area contributed by atoms with E-state index in [1.807, 2.05) is 0 Å². The number of nitrogens with one attached hydrogen (secondary N) is 1. The van der Waals surface area contributed by atoms with Gasteiger partial charge < -0.3 is 4.98 Å². The van der Waals surface area contributed by atoms with Gasteiger partial charge in [0, 0.05) is 16.6 Å². The number of fused-ring (bicyclic) bond motifs is 3. The molecule has 25 heavy (non-hydrogen) atoms. The fraction of sp³-hybridized carbons (Fsp3) is 0.667. The molecule has 1 nitrogen and oxygen atoms in total. The second-order valence-electron chi connectivity index (χ2n) is 8.21. The zero-order chi connectivity index (χ0) is 17.3. The summed E-state index contributed by atoms with van der Waals surface area (Å²) in [5.41, 5.74) is 4.48. The summed E-state index contributed by atoms with van der Waals surface area (Å²) in [4.78, 5) is 3.69. The summed E-state index contributed by atoms with van der Waals surface area (Å²) >= 11 is 0. The molecule has 0 aliphatic heterocycles. The molecule has 2 aromatic rings. The minimum atomic E-state index is 0.912. The number of aryl methyl sites for hydroxylation is 1. The molecular formula is C24H37N. The molecule has 0 bridgehead atoms. The molecule has 138 valence electrons. The van der Waals surface area contributed by atoms with Crippen LogP contribution in [0.15, 0.2) is 24.3 Å². The molecule has 1 unspecified atom stereocenters. The molecule has 0 amide bonds. The summed E-state index contributed by atoms with van der Waals surface area (Å²) in [5, 5.41) is 1.47. The maximum atomic E-state index is 3.69. The van der Waals surface area contributed by atoms with E-state index < -0.39 is 0 Å². The highest BCUT2D eigenvalue weighted by Gasteiger charge is 2.21. The van der Waals surface area contributed by atoms with Crippen LogP contribution in [-0.4, -0.2) is 4.98 Å². The zero-order valence-corrected chi connectivity index (χ0v) is 16.3. The molecule has 1 aromatic carbocycles. The maximum Gasteiger partial charge on any atom is 0.0458 e. The Balaban J connectivity index is 1.29. The number of para-hydroxylation sites is 1. The number of rotatable bonds is 11. The molecule has 1 aliphatic carbocycles. The Bertz CT molecular complexity index is 624. The topological polar surface area (TPSA) is 15.8 Å². The molecule has 0 saturated heterocycles. The van der Waals surface area contributed by atoms with Gasteiger partial charge in [0.1, 0.15) is 0 Å². The number of hydrogen-bond donors (Lipinski definition) is 1. The lowest BCUT2D eigenvalue weighted by Gasteiger charge is -2.22. The molecule has 3 rings (SSSR count). The van der Waals surface area contributed by atoms with Crippen LogP contribution in [0.3, 0.4) is 0 Å². The number of aromatic amines is 1. The Morgan fingerprint density at radius 3 is 2.32 bits per heavy atom. The van der Waals surface area contributed by atoms with Gasteiger partial charge in [-0.05, 0) is 36.8 Å². The smallest absolute Gasteiger partial charge is 0.0458 e. The quantitative estimate of drug-likeness (QED) is 0.406. The van der Waals surface area contributed by atoms with Gasteiger partial charge in [-0.3, -0.25) is 0 Å². The Morgan fingerprint density at radius 1 is 0.880 bits per heavy atom. The Kier molecular flexibility index (Phi) is 7.45. The van der Waals surface area contributed by atoms with Crippen LogP contribution in [0.1, 0.15) is 95.2 Å². The number of H-pyrrole nitrogens is 1. The minimum Gasteiger partial charge on any atom is -0.358 e. The highest BCUT2D eigenvalue weighted by atomic mass is 14.7. The van der Waals surface area contributed by atoms with E-state index in [1.54, 1.807) is 5.56 Å². The maximum absolute atomic E-state index is 3.69. The van der Waals surface area contributed by atoms with Gasteiger partial charge in [-0.15, -0.1) is 0 Å². The number of unbranched alkanes of at least 4 members (excludes halogenated alkanes) is 9. The van der Waals surface area contributed by atoms with Crippen molar-refractivity contribution in [2.45, 2.75) is 96.8 Å². The number of hydrogen-bond acceptors (Lipinski definition) is 0. The largest absolute Gasteiger partial charge is 0.358 e. The van der Waals surface area contributed by atoms with E-state index in [4.69, 9.17) is 0 Å². The summed E-state index contributed by atoms with van der Waals surface area (Å²) in [7, 11) is 0. The number of aromatic nitrogens is 1. The highest BCUT2D eigenvalue weighted by molar-refractivity contribution is 5.84.